The molecule has 5 heteroatoms. The van der Waals surface area contributed by atoms with Crippen molar-refractivity contribution in [2.45, 2.75) is 20.5 Å². The Bertz CT molecular complexity index is 1260. The first-order chi connectivity index (χ1) is 13.6. The van der Waals surface area contributed by atoms with Gasteiger partial charge in [-0.05, 0) is 55.3 Å². The van der Waals surface area contributed by atoms with Gasteiger partial charge in [0.15, 0.2) is 5.76 Å². The lowest BCUT2D eigenvalue weighted by Crippen LogP contribution is -2.11. The number of rotatable bonds is 4. The number of aryl methyl sites for hydroxylation is 2. The highest BCUT2D eigenvalue weighted by Gasteiger charge is 2.20. The van der Waals surface area contributed by atoms with E-state index in [-0.39, 0.29) is 23.5 Å². The molecular formula is C23H17NO4. The second kappa shape index (κ2) is 7.09. The number of nitrogens with zero attached hydrogens (tertiary/aromatic N) is 1. The van der Waals surface area contributed by atoms with Crippen molar-refractivity contribution in [3.8, 4) is 23.3 Å². The van der Waals surface area contributed by atoms with Crippen molar-refractivity contribution in [3.05, 3.63) is 87.3 Å². The van der Waals surface area contributed by atoms with Gasteiger partial charge in [0.25, 0.3) is 0 Å². The molecule has 0 fully saturated rings. The van der Waals surface area contributed by atoms with Crippen molar-refractivity contribution >= 4 is 11.0 Å². The van der Waals surface area contributed by atoms with Crippen LogP contribution >= 0.6 is 0 Å². The van der Waals surface area contributed by atoms with Crippen LogP contribution in [0.1, 0.15) is 22.3 Å². The summed E-state index contributed by atoms with van der Waals surface area (Å²) in [6.45, 7) is 3.97. The molecule has 0 atom stereocenters. The molecule has 0 spiro atoms. The maximum Gasteiger partial charge on any atom is 0.235 e. The van der Waals surface area contributed by atoms with Gasteiger partial charge < -0.3 is 13.6 Å². The van der Waals surface area contributed by atoms with Crippen LogP contribution in [-0.2, 0) is 6.61 Å². The highest BCUT2D eigenvalue weighted by molar-refractivity contribution is 5.82. The fourth-order valence-electron chi connectivity index (χ4n) is 3.04. The molecule has 0 unspecified atom stereocenters. The van der Waals surface area contributed by atoms with Gasteiger partial charge in [-0.15, -0.1) is 0 Å². The Morgan fingerprint density at radius 3 is 2.61 bits per heavy atom. The normalized spacial score (nSPS) is 10.8. The lowest BCUT2D eigenvalue weighted by atomic mass is 10.1. The Balaban J connectivity index is 1.87. The molecule has 0 radical (unpaired) electrons. The molecule has 2 aromatic heterocycles. The summed E-state index contributed by atoms with van der Waals surface area (Å²) in [5.74, 6) is 0.708. The van der Waals surface area contributed by atoms with Crippen LogP contribution in [0.2, 0.25) is 0 Å². The van der Waals surface area contributed by atoms with Gasteiger partial charge in [0.05, 0.1) is 23.3 Å². The summed E-state index contributed by atoms with van der Waals surface area (Å²) in [6.07, 6.45) is 1.51. The Morgan fingerprint density at radius 1 is 1.07 bits per heavy atom. The minimum atomic E-state index is -0.273. The van der Waals surface area contributed by atoms with Crippen LogP contribution in [0.3, 0.4) is 0 Å². The zero-order valence-corrected chi connectivity index (χ0v) is 15.5. The first-order valence-electron chi connectivity index (χ1n) is 8.81. The molecule has 0 saturated heterocycles. The third-order valence-corrected chi connectivity index (χ3v) is 4.72. The van der Waals surface area contributed by atoms with Crippen LogP contribution in [0.5, 0.6) is 5.75 Å². The predicted molar refractivity (Wildman–Crippen MR) is 105 cm³/mol. The highest BCUT2D eigenvalue weighted by Crippen LogP contribution is 2.32. The van der Waals surface area contributed by atoms with Gasteiger partial charge in [-0.2, -0.15) is 5.26 Å². The van der Waals surface area contributed by atoms with E-state index in [1.54, 1.807) is 36.4 Å². The van der Waals surface area contributed by atoms with E-state index in [0.717, 1.165) is 11.1 Å². The van der Waals surface area contributed by atoms with Crippen molar-refractivity contribution < 1.29 is 13.6 Å². The minimum absolute atomic E-state index is 0.0680. The van der Waals surface area contributed by atoms with Crippen molar-refractivity contribution in [1.29, 1.82) is 5.26 Å². The van der Waals surface area contributed by atoms with Crippen molar-refractivity contribution in [2.75, 3.05) is 0 Å². The minimum Gasteiger partial charge on any atom is -0.481 e. The number of ether oxygens (including phenoxy) is 1. The molecule has 0 aliphatic rings. The molecule has 0 saturated carbocycles. The summed E-state index contributed by atoms with van der Waals surface area (Å²) in [7, 11) is 0. The van der Waals surface area contributed by atoms with Crippen LogP contribution in [0.15, 0.2) is 68.4 Å². The van der Waals surface area contributed by atoms with Gasteiger partial charge >= 0.3 is 0 Å². The predicted octanol–water partition coefficient (Wildman–Crippen LogP) is 5.12. The zero-order chi connectivity index (χ0) is 19.7. The standard InChI is InChI=1S/C23H17NO4/c1-14-10-18-20(11-15(14)2)28-22(19-8-5-9-26-19)23(21(18)25)27-13-17-7-4-3-6-16(17)12-24/h3-11H,13H2,1-2H3. The summed E-state index contributed by atoms with van der Waals surface area (Å²) in [5.41, 5.74) is 3.41. The molecule has 2 heterocycles. The maximum atomic E-state index is 13.2. The molecule has 5 nitrogen and oxygen atoms in total. The largest absolute Gasteiger partial charge is 0.481 e. The third kappa shape index (κ3) is 3.06. The topological polar surface area (TPSA) is 76.4 Å². The average Bonchev–Trinajstić information content (AvgIpc) is 3.23. The Labute approximate surface area is 161 Å². The van der Waals surface area contributed by atoms with Gasteiger partial charge in [-0.1, -0.05) is 18.2 Å². The lowest BCUT2D eigenvalue weighted by Gasteiger charge is -2.12. The van der Waals surface area contributed by atoms with E-state index in [2.05, 4.69) is 6.07 Å². The Hall–Kier alpha value is -3.78. The van der Waals surface area contributed by atoms with Crippen molar-refractivity contribution in [3.63, 3.8) is 0 Å². The summed E-state index contributed by atoms with van der Waals surface area (Å²) in [5, 5.41) is 9.72. The number of hydrogen-bond donors (Lipinski definition) is 0. The number of benzene rings is 2. The molecule has 4 rings (SSSR count). The van der Waals surface area contributed by atoms with Gasteiger partial charge in [0.1, 0.15) is 12.2 Å². The smallest absolute Gasteiger partial charge is 0.235 e. The van der Waals surface area contributed by atoms with E-state index in [1.165, 1.54) is 6.26 Å². The molecule has 28 heavy (non-hydrogen) atoms. The number of hydrogen-bond acceptors (Lipinski definition) is 5. The average molecular weight is 371 g/mol. The van der Waals surface area contributed by atoms with Gasteiger partial charge in [-0.3, -0.25) is 4.79 Å². The van der Waals surface area contributed by atoms with Crippen LogP contribution < -0.4 is 10.2 Å². The van der Waals surface area contributed by atoms with E-state index in [9.17, 15) is 10.1 Å². The van der Waals surface area contributed by atoms with Crippen LogP contribution in [0.25, 0.3) is 22.5 Å². The molecule has 0 N–H and O–H groups in total. The third-order valence-electron chi connectivity index (χ3n) is 4.72. The van der Waals surface area contributed by atoms with E-state index in [0.29, 0.717) is 27.9 Å². The van der Waals surface area contributed by atoms with Crippen molar-refractivity contribution in [1.82, 2.24) is 0 Å². The van der Waals surface area contributed by atoms with Crippen LogP contribution in [-0.4, -0.2) is 0 Å². The van der Waals surface area contributed by atoms with E-state index in [4.69, 9.17) is 13.6 Å². The second-order valence-corrected chi connectivity index (χ2v) is 6.56. The van der Waals surface area contributed by atoms with Gasteiger partial charge in [0.2, 0.25) is 16.9 Å². The summed E-state index contributed by atoms with van der Waals surface area (Å²) < 4.78 is 17.3. The number of furan rings is 1. The molecule has 0 aliphatic heterocycles. The van der Waals surface area contributed by atoms with Gasteiger partial charge in [0, 0.05) is 5.56 Å². The molecule has 0 aliphatic carbocycles. The summed E-state index contributed by atoms with van der Waals surface area (Å²) in [6, 6.07) is 16.3. The summed E-state index contributed by atoms with van der Waals surface area (Å²) >= 11 is 0. The highest BCUT2D eigenvalue weighted by atomic mass is 16.5. The fourth-order valence-corrected chi connectivity index (χ4v) is 3.04. The first-order valence-corrected chi connectivity index (χ1v) is 8.81. The van der Waals surface area contributed by atoms with E-state index < -0.39 is 0 Å². The van der Waals surface area contributed by atoms with E-state index in [1.807, 2.05) is 26.0 Å². The van der Waals surface area contributed by atoms with Gasteiger partial charge in [-0.25, -0.2) is 0 Å². The molecular weight excluding hydrogens is 354 g/mol. The monoisotopic (exact) mass is 371 g/mol. The molecule has 2 aromatic carbocycles. The molecule has 4 aromatic rings. The van der Waals surface area contributed by atoms with Crippen molar-refractivity contribution in [2.24, 2.45) is 0 Å². The lowest BCUT2D eigenvalue weighted by molar-refractivity contribution is 0.296. The number of nitriles is 1. The Kier molecular flexibility index (Phi) is 4.46. The molecule has 0 amide bonds. The Morgan fingerprint density at radius 2 is 1.86 bits per heavy atom. The van der Waals surface area contributed by atoms with Crippen LogP contribution in [0, 0.1) is 25.2 Å². The molecule has 138 valence electrons. The SMILES string of the molecule is Cc1cc2oc(-c3ccco3)c(OCc3ccccc3C#N)c(=O)c2cc1C. The second-order valence-electron chi connectivity index (χ2n) is 6.56. The van der Waals surface area contributed by atoms with Crippen LogP contribution in [0.4, 0.5) is 0 Å². The summed E-state index contributed by atoms with van der Waals surface area (Å²) in [4.78, 5) is 13.2. The quantitative estimate of drug-likeness (QED) is 0.497. The maximum absolute atomic E-state index is 13.2. The van der Waals surface area contributed by atoms with E-state index >= 15 is 0 Å². The number of fused-ring (bicyclic) bond motifs is 1. The first kappa shape index (κ1) is 17.6. The zero-order valence-electron chi connectivity index (χ0n) is 15.5. The molecule has 0 bridgehead atoms. The fraction of sp³-hybridized carbons (Fsp3) is 0.130.